The number of allylic oxidation sites excluding steroid dienone is 4. The van der Waals surface area contributed by atoms with Crippen molar-refractivity contribution in [2.45, 2.75) is 252 Å². The van der Waals surface area contributed by atoms with Gasteiger partial charge >= 0.3 is 18.1 Å². The van der Waals surface area contributed by atoms with Crippen molar-refractivity contribution < 1.29 is 42.8 Å². The van der Waals surface area contributed by atoms with E-state index in [0.29, 0.717) is 38.9 Å². The fraction of sp³-hybridized carbons (Fsp3) is 0.868. The van der Waals surface area contributed by atoms with E-state index in [1.807, 2.05) is 0 Å². The topological polar surface area (TPSA) is 110 Å². The zero-order chi connectivity index (χ0) is 46.4. The number of nitrogens with zero attached hydrogens (tertiary/aromatic N) is 1. The molecule has 1 aliphatic heterocycles. The predicted molar refractivity (Wildman–Crippen MR) is 258 cm³/mol. The van der Waals surface area contributed by atoms with E-state index in [4.69, 9.17) is 28.4 Å². The third kappa shape index (κ3) is 32.0. The van der Waals surface area contributed by atoms with Gasteiger partial charge in [-0.1, -0.05) is 141 Å². The highest BCUT2D eigenvalue weighted by Crippen LogP contribution is 2.38. The molecule has 1 heterocycles. The van der Waals surface area contributed by atoms with Gasteiger partial charge in [0, 0.05) is 50.0 Å². The fourth-order valence-electron chi connectivity index (χ4n) is 8.15. The lowest BCUT2D eigenvalue weighted by Gasteiger charge is -2.53. The summed E-state index contributed by atoms with van der Waals surface area (Å²) in [6, 6.07) is 0. The van der Waals surface area contributed by atoms with Crippen molar-refractivity contribution in [3.8, 4) is 0 Å². The van der Waals surface area contributed by atoms with Crippen molar-refractivity contribution in [1.29, 1.82) is 0 Å². The van der Waals surface area contributed by atoms with Crippen LogP contribution in [-0.2, 0) is 38.0 Å². The lowest BCUT2D eigenvalue weighted by molar-refractivity contribution is -0.161. The van der Waals surface area contributed by atoms with Crippen LogP contribution in [0.3, 0.4) is 0 Å². The Labute approximate surface area is 386 Å². The summed E-state index contributed by atoms with van der Waals surface area (Å²) in [6.45, 7) is 16.3. The monoisotopic (exact) mass is 892 g/mol. The number of likely N-dealkylation sites (tertiary alicyclic amines) is 1. The molecule has 1 unspecified atom stereocenters. The molecule has 1 aliphatic rings. The molecule has 0 amide bonds. The van der Waals surface area contributed by atoms with Crippen LogP contribution in [-0.4, -0.2) is 86.5 Å². The van der Waals surface area contributed by atoms with Gasteiger partial charge in [-0.2, -0.15) is 0 Å². The molecule has 0 aliphatic carbocycles. The van der Waals surface area contributed by atoms with Gasteiger partial charge < -0.3 is 28.4 Å². The SMILES string of the molecule is CCCCC/C=C\C/C=C\CCCCCCCC(=O)OCC(COC(=O)CCC(OCCCCCCCC)OCCCCCCCC)COC(=O)OC1CC(C)(C)N(C)C(C)(C)C1. The Kier molecular flexibility index (Phi) is 35.1. The quantitative estimate of drug-likeness (QED) is 0.0194. The molecule has 0 spiro atoms. The van der Waals surface area contributed by atoms with E-state index in [1.165, 1.54) is 77.0 Å². The lowest BCUT2D eigenvalue weighted by Crippen LogP contribution is -2.60. The van der Waals surface area contributed by atoms with Crippen molar-refractivity contribution >= 4 is 18.1 Å². The molecule has 0 N–H and O–H groups in total. The minimum atomic E-state index is -0.767. The van der Waals surface area contributed by atoms with Gasteiger partial charge in [0.15, 0.2) is 6.29 Å². The number of hydrogen-bond donors (Lipinski definition) is 0. The second kappa shape index (κ2) is 37.8. The molecule has 63 heavy (non-hydrogen) atoms. The molecule has 0 aromatic heterocycles. The minimum absolute atomic E-state index is 0.0285. The number of carbonyl (C=O) groups is 3. The van der Waals surface area contributed by atoms with Crippen molar-refractivity contribution in [1.82, 2.24) is 4.90 Å². The molecule has 0 radical (unpaired) electrons. The third-order valence-electron chi connectivity index (χ3n) is 12.4. The Balaban J connectivity index is 2.65. The molecule has 0 aromatic rings. The molecule has 368 valence electrons. The summed E-state index contributed by atoms with van der Waals surface area (Å²) in [5.74, 6) is -1.24. The van der Waals surface area contributed by atoms with E-state index in [2.05, 4.69) is 84.7 Å². The third-order valence-corrected chi connectivity index (χ3v) is 12.4. The molecule has 0 saturated carbocycles. The molecule has 1 saturated heterocycles. The van der Waals surface area contributed by atoms with Crippen LogP contribution in [0.4, 0.5) is 4.79 Å². The van der Waals surface area contributed by atoms with Crippen LogP contribution in [0, 0.1) is 5.92 Å². The number of esters is 2. The zero-order valence-corrected chi connectivity index (χ0v) is 42.0. The van der Waals surface area contributed by atoms with E-state index in [1.54, 1.807) is 0 Å². The molecule has 1 rings (SSSR count). The smallest absolute Gasteiger partial charge is 0.465 e. The van der Waals surface area contributed by atoms with Crippen molar-refractivity contribution in [2.24, 2.45) is 5.92 Å². The van der Waals surface area contributed by atoms with Gasteiger partial charge in [-0.15, -0.1) is 0 Å². The molecule has 0 aromatic carbocycles. The zero-order valence-electron chi connectivity index (χ0n) is 42.0. The second-order valence-electron chi connectivity index (χ2n) is 19.4. The van der Waals surface area contributed by atoms with Crippen molar-refractivity contribution in [2.75, 3.05) is 40.1 Å². The average Bonchev–Trinajstić information content (AvgIpc) is 3.24. The summed E-state index contributed by atoms with van der Waals surface area (Å²) < 4.78 is 35.0. The highest BCUT2D eigenvalue weighted by atomic mass is 16.7. The first kappa shape index (κ1) is 58.6. The molecular weight excluding hydrogens is 795 g/mol. The number of ether oxygens (including phenoxy) is 6. The van der Waals surface area contributed by atoms with Crippen LogP contribution < -0.4 is 0 Å². The number of rotatable bonds is 40. The standard InChI is InChI=1S/C53H97NO9/c1-9-12-15-18-21-22-23-24-25-26-27-28-29-30-33-36-48(55)60-43-46(45-62-51(57)63-47-41-52(4,5)54(8)53(6,7)42-47)44-61-49(56)37-38-50(58-39-34-31-19-16-13-10-2)59-40-35-32-20-17-14-11-3/h21-22,24-25,46-47,50H,9-20,23,26-45H2,1-8H3/b22-21-,25-24-. The molecule has 0 bridgehead atoms. The van der Waals surface area contributed by atoms with E-state index in [9.17, 15) is 14.4 Å². The van der Waals surface area contributed by atoms with E-state index >= 15 is 0 Å². The van der Waals surface area contributed by atoms with Gasteiger partial charge in [-0.05, 0) is 86.1 Å². The molecule has 1 fully saturated rings. The van der Waals surface area contributed by atoms with Crippen LogP contribution in [0.25, 0.3) is 0 Å². The van der Waals surface area contributed by atoms with E-state index in [0.717, 1.165) is 70.6 Å². The highest BCUT2D eigenvalue weighted by Gasteiger charge is 2.44. The maximum atomic E-state index is 13.1. The highest BCUT2D eigenvalue weighted by molar-refractivity contribution is 5.69. The van der Waals surface area contributed by atoms with Gasteiger partial charge in [-0.3, -0.25) is 14.5 Å². The average molecular weight is 892 g/mol. The summed E-state index contributed by atoms with van der Waals surface area (Å²) in [5.41, 5.74) is -0.311. The molecular formula is C53H97NO9. The van der Waals surface area contributed by atoms with Crippen LogP contribution in [0.5, 0.6) is 0 Å². The summed E-state index contributed by atoms with van der Waals surface area (Å²) in [7, 11) is 2.10. The maximum absolute atomic E-state index is 13.1. The number of unbranched alkanes of at least 4 members (excludes halogenated alkanes) is 18. The first-order valence-electron chi connectivity index (χ1n) is 25.8. The fourth-order valence-corrected chi connectivity index (χ4v) is 8.15. The summed E-state index contributed by atoms with van der Waals surface area (Å²) in [6.07, 6.45) is 36.0. The Bertz CT molecular complexity index is 1160. The summed E-state index contributed by atoms with van der Waals surface area (Å²) in [4.78, 5) is 41.2. The van der Waals surface area contributed by atoms with E-state index in [-0.39, 0.29) is 49.4 Å². The minimum Gasteiger partial charge on any atom is -0.465 e. The van der Waals surface area contributed by atoms with Gasteiger partial charge in [0.05, 0.1) is 12.3 Å². The van der Waals surface area contributed by atoms with Crippen LogP contribution in [0.1, 0.15) is 228 Å². The largest absolute Gasteiger partial charge is 0.508 e. The van der Waals surface area contributed by atoms with E-state index < -0.39 is 24.3 Å². The van der Waals surface area contributed by atoms with Gasteiger partial charge in [0.1, 0.15) is 25.9 Å². The predicted octanol–water partition coefficient (Wildman–Crippen LogP) is 14.2. The summed E-state index contributed by atoms with van der Waals surface area (Å²) >= 11 is 0. The molecule has 10 heteroatoms. The molecule has 1 atom stereocenters. The maximum Gasteiger partial charge on any atom is 0.508 e. The van der Waals surface area contributed by atoms with Gasteiger partial charge in [-0.25, -0.2) is 4.79 Å². The molecule has 10 nitrogen and oxygen atoms in total. The number of hydrogen-bond acceptors (Lipinski definition) is 10. The Morgan fingerprint density at radius 1 is 0.556 bits per heavy atom. The lowest BCUT2D eigenvalue weighted by atomic mass is 9.79. The first-order valence-corrected chi connectivity index (χ1v) is 25.8. The Morgan fingerprint density at radius 3 is 1.52 bits per heavy atom. The number of carbonyl (C=O) groups excluding carboxylic acids is 3. The van der Waals surface area contributed by atoms with Gasteiger partial charge in [0.25, 0.3) is 0 Å². The summed E-state index contributed by atoms with van der Waals surface area (Å²) in [5, 5.41) is 0. The first-order chi connectivity index (χ1) is 30.3. The second-order valence-corrected chi connectivity index (χ2v) is 19.4. The van der Waals surface area contributed by atoms with Crippen LogP contribution in [0.2, 0.25) is 0 Å². The van der Waals surface area contributed by atoms with Crippen LogP contribution >= 0.6 is 0 Å². The van der Waals surface area contributed by atoms with Crippen LogP contribution in [0.15, 0.2) is 24.3 Å². The number of piperidine rings is 1. The van der Waals surface area contributed by atoms with Crippen molar-refractivity contribution in [3.05, 3.63) is 24.3 Å². The normalized spacial score (nSPS) is 16.0. The van der Waals surface area contributed by atoms with Gasteiger partial charge in [0.2, 0.25) is 0 Å². The Morgan fingerprint density at radius 2 is 0.984 bits per heavy atom. The Hall–Kier alpha value is -2.43. The van der Waals surface area contributed by atoms with Crippen molar-refractivity contribution in [3.63, 3.8) is 0 Å².